The highest BCUT2D eigenvalue weighted by molar-refractivity contribution is 9.10. The minimum Gasteiger partial charge on any atom is -0.507 e. The summed E-state index contributed by atoms with van der Waals surface area (Å²) in [7, 11) is 0. The van der Waals surface area contributed by atoms with Crippen molar-refractivity contribution in [3.8, 4) is 5.75 Å². The highest BCUT2D eigenvalue weighted by Crippen LogP contribution is 2.22. The summed E-state index contributed by atoms with van der Waals surface area (Å²) in [4.78, 5) is 29.8. The van der Waals surface area contributed by atoms with E-state index in [1.165, 1.54) is 24.7 Å². The Labute approximate surface area is 128 Å². The molecule has 1 aromatic heterocycles. The zero-order valence-electron chi connectivity index (χ0n) is 10.7. The van der Waals surface area contributed by atoms with Crippen LogP contribution in [0.25, 0.3) is 0 Å². The fraction of sp³-hybridized carbons (Fsp3) is 0.154. The Kier molecular flexibility index (Phi) is 4.59. The van der Waals surface area contributed by atoms with E-state index in [4.69, 9.17) is 5.11 Å². The van der Waals surface area contributed by atoms with Gasteiger partial charge in [0.05, 0.1) is 11.9 Å². The SMILES string of the molecule is O=C(NC(Cc1cnc[nH]1)C(=O)O)c1ccc(Br)cc1O. The number of phenols is 1. The van der Waals surface area contributed by atoms with Crippen LogP contribution in [0.15, 0.2) is 35.2 Å². The molecule has 8 heteroatoms. The lowest BCUT2D eigenvalue weighted by Crippen LogP contribution is -2.42. The van der Waals surface area contributed by atoms with Gasteiger partial charge in [-0.3, -0.25) is 4.79 Å². The van der Waals surface area contributed by atoms with E-state index in [2.05, 4.69) is 31.2 Å². The van der Waals surface area contributed by atoms with Crippen LogP contribution in [0.1, 0.15) is 16.1 Å². The van der Waals surface area contributed by atoms with E-state index in [1.54, 1.807) is 6.07 Å². The lowest BCUT2D eigenvalue weighted by atomic mass is 10.1. The molecule has 0 fully saturated rings. The van der Waals surface area contributed by atoms with Crippen molar-refractivity contribution < 1.29 is 19.8 Å². The number of halogens is 1. The summed E-state index contributed by atoms with van der Waals surface area (Å²) in [5.41, 5.74) is 0.594. The molecule has 0 bridgehead atoms. The van der Waals surface area contributed by atoms with Crippen LogP contribution in [-0.4, -0.2) is 38.1 Å². The maximum atomic E-state index is 12.0. The Morgan fingerprint density at radius 2 is 2.19 bits per heavy atom. The van der Waals surface area contributed by atoms with Crippen LogP contribution in [0, 0.1) is 0 Å². The molecule has 0 aliphatic rings. The van der Waals surface area contributed by atoms with Crippen molar-refractivity contribution in [2.75, 3.05) is 0 Å². The van der Waals surface area contributed by atoms with E-state index in [0.29, 0.717) is 10.2 Å². The van der Waals surface area contributed by atoms with Crippen LogP contribution in [0.3, 0.4) is 0 Å². The third-order valence-corrected chi connectivity index (χ3v) is 3.28. The Morgan fingerprint density at radius 1 is 1.43 bits per heavy atom. The van der Waals surface area contributed by atoms with Gasteiger partial charge in [-0.1, -0.05) is 15.9 Å². The molecule has 0 saturated carbocycles. The molecule has 1 atom stereocenters. The largest absolute Gasteiger partial charge is 0.507 e. The number of H-pyrrole nitrogens is 1. The first-order valence-corrected chi connectivity index (χ1v) is 6.76. The molecule has 110 valence electrons. The number of benzene rings is 1. The predicted molar refractivity (Wildman–Crippen MR) is 77.0 cm³/mol. The number of aliphatic carboxylic acids is 1. The number of aromatic amines is 1. The summed E-state index contributed by atoms with van der Waals surface area (Å²) in [5, 5.41) is 21.2. The molecule has 1 heterocycles. The number of carbonyl (C=O) groups is 2. The highest BCUT2D eigenvalue weighted by atomic mass is 79.9. The van der Waals surface area contributed by atoms with Gasteiger partial charge >= 0.3 is 5.97 Å². The summed E-state index contributed by atoms with van der Waals surface area (Å²) in [6.45, 7) is 0. The average Bonchev–Trinajstić information content (AvgIpc) is 2.90. The lowest BCUT2D eigenvalue weighted by Gasteiger charge is -2.14. The predicted octanol–water partition coefficient (Wildman–Crippen LogP) is 1.30. The maximum Gasteiger partial charge on any atom is 0.326 e. The van der Waals surface area contributed by atoms with E-state index < -0.39 is 17.9 Å². The van der Waals surface area contributed by atoms with Crippen LogP contribution >= 0.6 is 15.9 Å². The van der Waals surface area contributed by atoms with Gasteiger partial charge in [0.25, 0.3) is 5.91 Å². The number of amides is 1. The second-order valence-corrected chi connectivity index (χ2v) is 5.22. The van der Waals surface area contributed by atoms with Crippen LogP contribution < -0.4 is 5.32 Å². The van der Waals surface area contributed by atoms with Crippen molar-refractivity contribution in [2.45, 2.75) is 12.5 Å². The van der Waals surface area contributed by atoms with Crippen molar-refractivity contribution in [1.29, 1.82) is 0 Å². The van der Waals surface area contributed by atoms with Crippen molar-refractivity contribution in [1.82, 2.24) is 15.3 Å². The molecule has 0 radical (unpaired) electrons. The molecule has 0 aliphatic carbocycles. The van der Waals surface area contributed by atoms with Crippen molar-refractivity contribution in [3.05, 3.63) is 46.5 Å². The third kappa shape index (κ3) is 3.82. The molecule has 0 aliphatic heterocycles. The summed E-state index contributed by atoms with van der Waals surface area (Å²) < 4.78 is 0.615. The molecular weight excluding hydrogens is 342 g/mol. The quantitative estimate of drug-likeness (QED) is 0.646. The number of carboxylic acids is 1. The van der Waals surface area contributed by atoms with E-state index in [1.807, 2.05) is 0 Å². The molecule has 1 amide bonds. The molecule has 1 aromatic carbocycles. The molecule has 0 saturated heterocycles. The number of nitrogens with one attached hydrogen (secondary N) is 2. The highest BCUT2D eigenvalue weighted by Gasteiger charge is 2.23. The Balaban J connectivity index is 2.12. The molecule has 21 heavy (non-hydrogen) atoms. The summed E-state index contributed by atoms with van der Waals surface area (Å²) in [6, 6.07) is 3.23. The van der Waals surface area contributed by atoms with Gasteiger partial charge in [-0.15, -0.1) is 0 Å². The number of rotatable bonds is 5. The first-order valence-electron chi connectivity index (χ1n) is 5.97. The van der Waals surface area contributed by atoms with Gasteiger partial charge in [0.2, 0.25) is 0 Å². The summed E-state index contributed by atoms with van der Waals surface area (Å²) in [6.07, 6.45) is 2.98. The van der Waals surface area contributed by atoms with Crippen molar-refractivity contribution in [3.63, 3.8) is 0 Å². The Morgan fingerprint density at radius 3 is 2.76 bits per heavy atom. The summed E-state index contributed by atoms with van der Waals surface area (Å²) >= 11 is 3.16. The molecule has 0 spiro atoms. The van der Waals surface area contributed by atoms with Gasteiger partial charge in [0.15, 0.2) is 0 Å². The second kappa shape index (κ2) is 6.40. The minimum atomic E-state index is -1.17. The monoisotopic (exact) mass is 353 g/mol. The fourth-order valence-corrected chi connectivity index (χ4v) is 2.10. The number of hydrogen-bond donors (Lipinski definition) is 4. The van der Waals surface area contributed by atoms with Crippen molar-refractivity contribution in [2.24, 2.45) is 0 Å². The van der Waals surface area contributed by atoms with Crippen LogP contribution in [0.2, 0.25) is 0 Å². The normalized spacial score (nSPS) is 11.9. The van der Waals surface area contributed by atoms with E-state index >= 15 is 0 Å². The summed E-state index contributed by atoms with van der Waals surface area (Å²) in [5.74, 6) is -2.06. The minimum absolute atomic E-state index is 0.00839. The van der Waals surface area contributed by atoms with Crippen LogP contribution in [-0.2, 0) is 11.2 Å². The Bertz CT molecular complexity index is 657. The zero-order valence-corrected chi connectivity index (χ0v) is 12.3. The number of carbonyl (C=O) groups excluding carboxylic acids is 1. The van der Waals surface area contributed by atoms with Gasteiger partial charge in [-0.05, 0) is 18.2 Å². The van der Waals surface area contributed by atoms with Gasteiger partial charge in [-0.2, -0.15) is 0 Å². The van der Waals surface area contributed by atoms with Gasteiger partial charge in [0, 0.05) is 22.8 Å². The molecule has 4 N–H and O–H groups in total. The van der Waals surface area contributed by atoms with E-state index in [0.717, 1.165) is 0 Å². The van der Waals surface area contributed by atoms with Gasteiger partial charge in [-0.25, -0.2) is 9.78 Å². The van der Waals surface area contributed by atoms with Gasteiger partial charge < -0.3 is 20.5 Å². The fourth-order valence-electron chi connectivity index (χ4n) is 1.75. The number of hydrogen-bond acceptors (Lipinski definition) is 4. The van der Waals surface area contributed by atoms with E-state index in [9.17, 15) is 14.7 Å². The number of phenolic OH excluding ortho intramolecular Hbond substituents is 1. The molecular formula is C13H12BrN3O4. The number of imidazole rings is 1. The van der Waals surface area contributed by atoms with Crippen LogP contribution in [0.4, 0.5) is 0 Å². The average molecular weight is 354 g/mol. The van der Waals surface area contributed by atoms with Crippen molar-refractivity contribution >= 4 is 27.8 Å². The first-order chi connectivity index (χ1) is 9.97. The third-order valence-electron chi connectivity index (χ3n) is 2.79. The van der Waals surface area contributed by atoms with Gasteiger partial charge in [0.1, 0.15) is 11.8 Å². The second-order valence-electron chi connectivity index (χ2n) is 4.31. The Hall–Kier alpha value is -2.35. The molecule has 1 unspecified atom stereocenters. The molecule has 2 aromatic rings. The molecule has 7 nitrogen and oxygen atoms in total. The topological polar surface area (TPSA) is 115 Å². The number of aromatic hydroxyl groups is 1. The maximum absolute atomic E-state index is 12.0. The lowest BCUT2D eigenvalue weighted by molar-refractivity contribution is -0.139. The smallest absolute Gasteiger partial charge is 0.326 e. The zero-order chi connectivity index (χ0) is 15.4. The first kappa shape index (κ1) is 15.0. The van der Waals surface area contributed by atoms with Crippen LogP contribution in [0.5, 0.6) is 5.75 Å². The number of carboxylic acid groups (broad SMARTS) is 1. The number of aromatic nitrogens is 2. The van der Waals surface area contributed by atoms with E-state index in [-0.39, 0.29) is 17.7 Å². The number of nitrogens with zero attached hydrogens (tertiary/aromatic N) is 1. The standard InChI is InChI=1S/C13H12BrN3O4/c14-7-1-2-9(11(18)3-7)12(19)17-10(13(20)21)4-8-5-15-6-16-8/h1-3,5-6,10,18H,4H2,(H,15,16)(H,17,19)(H,20,21). The molecule has 2 rings (SSSR count).